The van der Waals surface area contributed by atoms with Gasteiger partial charge in [-0.2, -0.15) is 0 Å². The maximum atomic E-state index is 14.8. The van der Waals surface area contributed by atoms with Crippen molar-refractivity contribution in [3.8, 4) is 0 Å². The molecule has 1 saturated carbocycles. The number of hydrogen-bond donors (Lipinski definition) is 3. The first-order valence-corrected chi connectivity index (χ1v) is 11.7. The highest BCUT2D eigenvalue weighted by Crippen LogP contribution is 2.40. The Balaban J connectivity index is 1.59. The molecule has 3 atom stereocenters. The Morgan fingerprint density at radius 3 is 2.65 bits per heavy atom. The Morgan fingerprint density at radius 2 is 2.00 bits per heavy atom. The van der Waals surface area contributed by atoms with Gasteiger partial charge in [-0.15, -0.1) is 0 Å². The lowest BCUT2D eigenvalue weighted by Gasteiger charge is -2.31. The highest BCUT2D eigenvalue weighted by atomic mass is 19.1. The number of carbonyl (C=O) groups is 2. The average Bonchev–Trinajstić information content (AvgIpc) is 3.56. The van der Waals surface area contributed by atoms with Crippen LogP contribution in [-0.2, 0) is 15.1 Å². The molecular formula is C25H31FN4O4. The second-order valence-corrected chi connectivity index (χ2v) is 9.14. The fourth-order valence-corrected chi connectivity index (χ4v) is 4.67. The number of likely N-dealkylation sites (tertiary alicyclic amines) is 1. The lowest BCUT2D eigenvalue weighted by atomic mass is 9.79. The van der Waals surface area contributed by atoms with Crippen LogP contribution in [0.3, 0.4) is 0 Å². The van der Waals surface area contributed by atoms with Gasteiger partial charge in [0.1, 0.15) is 11.9 Å². The summed E-state index contributed by atoms with van der Waals surface area (Å²) in [6.45, 7) is 2.32. The van der Waals surface area contributed by atoms with E-state index in [9.17, 15) is 19.1 Å². The smallest absolute Gasteiger partial charge is 0.408 e. The van der Waals surface area contributed by atoms with Crippen LogP contribution in [0, 0.1) is 11.7 Å². The number of benzene rings is 1. The molecule has 0 spiro atoms. The van der Waals surface area contributed by atoms with Gasteiger partial charge in [0.2, 0.25) is 5.91 Å². The van der Waals surface area contributed by atoms with Crippen LogP contribution in [0.15, 0.2) is 42.7 Å². The Kier molecular flexibility index (Phi) is 7.13. The molecular weight excluding hydrogens is 439 g/mol. The maximum absolute atomic E-state index is 14.8. The summed E-state index contributed by atoms with van der Waals surface area (Å²) in [4.78, 5) is 29.8. The van der Waals surface area contributed by atoms with E-state index in [1.54, 1.807) is 24.5 Å². The molecule has 3 unspecified atom stereocenters. The lowest BCUT2D eigenvalue weighted by molar-refractivity contribution is -0.120. The van der Waals surface area contributed by atoms with Crippen LogP contribution in [0.2, 0.25) is 0 Å². The average molecular weight is 471 g/mol. The second kappa shape index (κ2) is 10.1. The Morgan fingerprint density at radius 1 is 1.26 bits per heavy atom. The summed E-state index contributed by atoms with van der Waals surface area (Å²) < 4.78 is 20.3. The van der Waals surface area contributed by atoms with Crippen molar-refractivity contribution in [3.63, 3.8) is 0 Å². The van der Waals surface area contributed by atoms with E-state index in [0.717, 1.165) is 16.9 Å². The lowest BCUT2D eigenvalue weighted by Crippen LogP contribution is -2.42. The van der Waals surface area contributed by atoms with Crippen molar-refractivity contribution in [1.29, 1.82) is 0 Å². The van der Waals surface area contributed by atoms with Gasteiger partial charge in [-0.3, -0.25) is 14.7 Å². The van der Waals surface area contributed by atoms with E-state index in [1.807, 2.05) is 19.1 Å². The van der Waals surface area contributed by atoms with Crippen molar-refractivity contribution in [3.05, 3.63) is 59.7 Å². The molecule has 0 radical (unpaired) electrons. The zero-order valence-corrected chi connectivity index (χ0v) is 19.2. The highest BCUT2D eigenvalue weighted by molar-refractivity contribution is 5.97. The molecule has 1 saturated heterocycles. The molecule has 2 fully saturated rings. The second-order valence-electron chi connectivity index (χ2n) is 9.14. The quantitative estimate of drug-likeness (QED) is 0.514. The molecule has 9 heteroatoms. The molecule has 1 aromatic heterocycles. The van der Waals surface area contributed by atoms with E-state index in [4.69, 9.17) is 10.5 Å². The first kappa shape index (κ1) is 24.1. The van der Waals surface area contributed by atoms with E-state index >= 15 is 0 Å². The number of nitrogens with two attached hydrogens (primary N) is 1. The zero-order chi connectivity index (χ0) is 24.3. The summed E-state index contributed by atoms with van der Waals surface area (Å²) in [6.07, 6.45) is 5.99. The van der Waals surface area contributed by atoms with Crippen LogP contribution in [0.5, 0.6) is 0 Å². The summed E-state index contributed by atoms with van der Waals surface area (Å²) in [7, 11) is 0. The zero-order valence-electron chi connectivity index (χ0n) is 19.2. The molecule has 4 N–H and O–H groups in total. The Hall–Kier alpha value is -3.04. The van der Waals surface area contributed by atoms with Crippen molar-refractivity contribution >= 4 is 17.7 Å². The molecule has 2 aliphatic rings. The maximum Gasteiger partial charge on any atom is 0.408 e. The van der Waals surface area contributed by atoms with Crippen LogP contribution in [0.1, 0.15) is 50.2 Å². The van der Waals surface area contributed by atoms with Gasteiger partial charge in [-0.1, -0.05) is 18.9 Å². The van der Waals surface area contributed by atoms with E-state index in [1.165, 1.54) is 18.9 Å². The van der Waals surface area contributed by atoms with Crippen molar-refractivity contribution in [2.75, 3.05) is 18.5 Å². The third kappa shape index (κ3) is 5.20. The van der Waals surface area contributed by atoms with Crippen LogP contribution < -0.4 is 11.1 Å². The number of carbonyl (C=O) groups excluding carboxylic acids is 1. The molecule has 182 valence electrons. The van der Waals surface area contributed by atoms with Gasteiger partial charge < -0.3 is 20.9 Å². The number of ether oxygens (including phenoxy) is 1. The largest absolute Gasteiger partial charge is 0.465 e. The minimum Gasteiger partial charge on any atom is -0.465 e. The number of hydrogen-bond acceptors (Lipinski definition) is 5. The number of halogens is 1. The third-order valence-corrected chi connectivity index (χ3v) is 6.79. The molecule has 34 heavy (non-hydrogen) atoms. The number of anilines is 1. The minimum absolute atomic E-state index is 0.0250. The van der Waals surface area contributed by atoms with Gasteiger partial charge in [0.25, 0.3) is 0 Å². The fourth-order valence-electron chi connectivity index (χ4n) is 4.67. The fraction of sp³-hybridized carbons (Fsp3) is 0.480. The summed E-state index contributed by atoms with van der Waals surface area (Å²) >= 11 is 0. The van der Waals surface area contributed by atoms with E-state index in [-0.39, 0.29) is 24.8 Å². The topological polar surface area (TPSA) is 118 Å². The molecule has 0 bridgehead atoms. The number of carboxylic acid groups (broad SMARTS) is 1. The third-order valence-electron chi connectivity index (χ3n) is 6.79. The number of nitrogens with one attached hydrogen (secondary N) is 1. The van der Waals surface area contributed by atoms with Crippen molar-refractivity contribution in [2.24, 2.45) is 11.7 Å². The number of pyridine rings is 1. The van der Waals surface area contributed by atoms with E-state index < -0.39 is 29.4 Å². The van der Waals surface area contributed by atoms with Gasteiger partial charge in [-0.05, 0) is 61.1 Å². The van der Waals surface area contributed by atoms with Crippen LogP contribution in [-0.4, -0.2) is 52.3 Å². The van der Waals surface area contributed by atoms with Crippen molar-refractivity contribution in [1.82, 2.24) is 9.88 Å². The van der Waals surface area contributed by atoms with Gasteiger partial charge >= 0.3 is 6.09 Å². The number of rotatable bonds is 9. The normalized spacial score (nSPS) is 21.8. The highest BCUT2D eigenvalue weighted by Gasteiger charge is 2.40. The Labute approximate surface area is 198 Å². The predicted octanol–water partition coefficient (Wildman–Crippen LogP) is 3.71. The summed E-state index contributed by atoms with van der Waals surface area (Å²) in [5.74, 6) is -0.546. The van der Waals surface area contributed by atoms with E-state index in [0.29, 0.717) is 24.5 Å². The number of aromatic nitrogens is 1. The summed E-state index contributed by atoms with van der Waals surface area (Å²) in [5.41, 5.74) is 7.57. The standard InChI is InChI=1S/C25H31FN4O4/c1-2-34-19-14-22(30(15-19)24(32)33)23(31)29-21-13-18(5-6-20(21)26)25(27,10-7-16-3-4-16)17-8-11-28-12-9-17/h5-6,8-9,11-13,16,19,22H,2-4,7,10,14-15,27H2,1H3,(H,29,31)(H,32,33). The molecule has 1 aliphatic heterocycles. The van der Waals surface area contributed by atoms with Crippen LogP contribution >= 0.6 is 0 Å². The molecule has 2 amide bonds. The summed E-state index contributed by atoms with van der Waals surface area (Å²) in [6, 6.07) is 7.23. The number of nitrogens with zero attached hydrogens (tertiary/aromatic N) is 2. The number of amides is 2. The van der Waals surface area contributed by atoms with Gasteiger partial charge in [0, 0.05) is 25.4 Å². The molecule has 2 heterocycles. The Bertz CT molecular complexity index is 1030. The van der Waals surface area contributed by atoms with Gasteiger partial charge in [0.15, 0.2) is 0 Å². The SMILES string of the molecule is CCOC1CC(C(=O)Nc2cc(C(N)(CCC3CC3)c3ccncc3)ccc2F)N(C(=O)O)C1. The molecule has 8 nitrogen and oxygen atoms in total. The van der Waals surface area contributed by atoms with Crippen molar-refractivity contribution in [2.45, 2.75) is 56.7 Å². The monoisotopic (exact) mass is 470 g/mol. The van der Waals surface area contributed by atoms with Gasteiger partial charge in [-0.25, -0.2) is 9.18 Å². The first-order valence-electron chi connectivity index (χ1n) is 11.7. The van der Waals surface area contributed by atoms with Gasteiger partial charge in [0.05, 0.1) is 23.9 Å². The molecule has 2 aromatic rings. The van der Waals surface area contributed by atoms with Crippen molar-refractivity contribution < 1.29 is 23.8 Å². The molecule has 1 aromatic carbocycles. The first-order chi connectivity index (χ1) is 16.3. The van der Waals surface area contributed by atoms with Crippen LogP contribution in [0.25, 0.3) is 0 Å². The summed E-state index contributed by atoms with van der Waals surface area (Å²) in [5, 5.41) is 12.1. The van der Waals surface area contributed by atoms with Crippen LogP contribution in [0.4, 0.5) is 14.9 Å². The molecule has 4 rings (SSSR count). The van der Waals surface area contributed by atoms with E-state index in [2.05, 4.69) is 10.3 Å². The predicted molar refractivity (Wildman–Crippen MR) is 125 cm³/mol. The molecule has 1 aliphatic carbocycles. The minimum atomic E-state index is -1.21.